The Kier molecular flexibility index (Phi) is 2.76. The van der Waals surface area contributed by atoms with Crippen molar-refractivity contribution in [3.63, 3.8) is 0 Å². The number of aromatic nitrogens is 2. The summed E-state index contributed by atoms with van der Waals surface area (Å²) < 4.78 is 5.83. The maximum atomic E-state index is 5.70. The zero-order valence-electron chi connectivity index (χ0n) is 6.67. The normalized spacial score (nSPS) is 10.5. The van der Waals surface area contributed by atoms with Gasteiger partial charge in [-0.1, -0.05) is 11.6 Å². The van der Waals surface area contributed by atoms with Crippen LogP contribution in [0.1, 0.15) is 0 Å². The fourth-order valence-corrected chi connectivity index (χ4v) is 1.46. The van der Waals surface area contributed by atoms with Crippen LogP contribution < -0.4 is 0 Å². The Morgan fingerprint density at radius 2 is 2.00 bits per heavy atom. The largest absolute Gasteiger partial charge is 0.443 e. The van der Waals surface area contributed by atoms with Gasteiger partial charge in [-0.05, 0) is 45.7 Å². The summed E-state index contributed by atoms with van der Waals surface area (Å²) >= 11 is 14.6. The van der Waals surface area contributed by atoms with E-state index < -0.39 is 0 Å². The number of halogens is 3. The number of hydrogen-bond acceptors (Lipinski definition) is 3. The minimum Gasteiger partial charge on any atom is -0.443 e. The van der Waals surface area contributed by atoms with Gasteiger partial charge in [-0.25, -0.2) is 0 Å². The molecule has 2 aromatic heterocycles. The molecular formula is C8H3BrCl2N2O. The summed E-state index contributed by atoms with van der Waals surface area (Å²) in [7, 11) is 0. The van der Waals surface area contributed by atoms with Crippen molar-refractivity contribution in [3.8, 4) is 11.5 Å². The van der Waals surface area contributed by atoms with Crippen LogP contribution in [0.2, 0.25) is 10.4 Å². The number of hydrogen-bond donors (Lipinski definition) is 0. The van der Waals surface area contributed by atoms with E-state index >= 15 is 0 Å². The van der Waals surface area contributed by atoms with E-state index in [1.807, 2.05) is 0 Å². The molecular weight excluding hydrogens is 291 g/mol. The quantitative estimate of drug-likeness (QED) is 0.802. The highest BCUT2D eigenvalue weighted by molar-refractivity contribution is 9.10. The van der Waals surface area contributed by atoms with E-state index in [-0.39, 0.29) is 0 Å². The molecule has 0 aromatic carbocycles. The highest BCUT2D eigenvalue weighted by Crippen LogP contribution is 2.27. The van der Waals surface area contributed by atoms with E-state index in [0.29, 0.717) is 26.3 Å². The number of furan rings is 1. The highest BCUT2D eigenvalue weighted by Gasteiger charge is 2.08. The Labute approximate surface area is 98.2 Å². The van der Waals surface area contributed by atoms with Crippen molar-refractivity contribution in [3.05, 3.63) is 33.0 Å². The van der Waals surface area contributed by atoms with Crippen LogP contribution in [-0.4, -0.2) is 10.2 Å². The zero-order valence-corrected chi connectivity index (χ0v) is 9.77. The summed E-state index contributed by atoms with van der Waals surface area (Å²) in [6, 6.07) is 5.07. The fraction of sp³-hybridized carbons (Fsp3) is 0. The van der Waals surface area contributed by atoms with Crippen LogP contribution in [0.15, 0.2) is 27.1 Å². The van der Waals surface area contributed by atoms with Gasteiger partial charge < -0.3 is 4.42 Å². The summed E-state index contributed by atoms with van der Waals surface area (Å²) in [4.78, 5) is 0. The molecule has 0 aliphatic heterocycles. The van der Waals surface area contributed by atoms with E-state index in [1.54, 1.807) is 18.2 Å². The van der Waals surface area contributed by atoms with Gasteiger partial charge >= 0.3 is 0 Å². The molecule has 0 saturated heterocycles. The molecule has 0 saturated carbocycles. The lowest BCUT2D eigenvalue weighted by molar-refractivity contribution is 0.581. The van der Waals surface area contributed by atoms with E-state index in [2.05, 4.69) is 26.1 Å². The highest BCUT2D eigenvalue weighted by atomic mass is 79.9. The fourth-order valence-electron chi connectivity index (χ4n) is 0.926. The molecule has 2 aromatic rings. The van der Waals surface area contributed by atoms with Crippen LogP contribution >= 0.6 is 39.1 Å². The van der Waals surface area contributed by atoms with Crippen molar-refractivity contribution in [2.75, 3.05) is 0 Å². The van der Waals surface area contributed by atoms with Crippen LogP contribution in [-0.2, 0) is 0 Å². The molecule has 2 heterocycles. The monoisotopic (exact) mass is 292 g/mol. The summed E-state index contributed by atoms with van der Waals surface area (Å²) in [5.74, 6) is 0.555. The second-order valence-electron chi connectivity index (χ2n) is 2.47. The van der Waals surface area contributed by atoms with Crippen molar-refractivity contribution >= 4 is 39.1 Å². The first-order chi connectivity index (χ1) is 6.66. The first kappa shape index (κ1) is 9.96. The van der Waals surface area contributed by atoms with Gasteiger partial charge in [0.05, 0.1) is 4.47 Å². The van der Waals surface area contributed by atoms with E-state index in [1.165, 1.54) is 0 Å². The molecule has 3 nitrogen and oxygen atoms in total. The minimum atomic E-state index is 0.311. The molecule has 0 bridgehead atoms. The lowest BCUT2D eigenvalue weighted by Gasteiger charge is -1.96. The zero-order chi connectivity index (χ0) is 10.1. The third-order valence-corrected chi connectivity index (χ3v) is 2.85. The summed E-state index contributed by atoms with van der Waals surface area (Å²) in [5.41, 5.74) is 0.577. The van der Waals surface area contributed by atoms with E-state index in [0.717, 1.165) is 0 Å². The third-order valence-electron chi connectivity index (χ3n) is 1.53. The average molecular weight is 294 g/mol. The van der Waals surface area contributed by atoms with Gasteiger partial charge in [0, 0.05) is 0 Å². The molecule has 0 N–H and O–H groups in total. The van der Waals surface area contributed by atoms with Crippen molar-refractivity contribution < 1.29 is 4.42 Å². The second kappa shape index (κ2) is 3.88. The predicted octanol–water partition coefficient (Wildman–Crippen LogP) is 3.81. The first-order valence-electron chi connectivity index (χ1n) is 3.61. The van der Waals surface area contributed by atoms with Gasteiger partial charge in [-0.3, -0.25) is 0 Å². The van der Waals surface area contributed by atoms with Crippen LogP contribution in [0.5, 0.6) is 0 Å². The summed E-state index contributed by atoms with van der Waals surface area (Å²) in [6.07, 6.45) is 0. The molecule has 0 unspecified atom stereocenters. The molecule has 6 heteroatoms. The lowest BCUT2D eigenvalue weighted by atomic mass is 10.3. The summed E-state index contributed by atoms with van der Waals surface area (Å²) in [6.45, 7) is 0. The van der Waals surface area contributed by atoms with E-state index in [9.17, 15) is 0 Å². The van der Waals surface area contributed by atoms with Gasteiger partial charge in [0.1, 0.15) is 5.69 Å². The van der Waals surface area contributed by atoms with Crippen LogP contribution in [0.4, 0.5) is 0 Å². The Hall–Kier alpha value is -0.580. The Balaban J connectivity index is 2.47. The Morgan fingerprint density at radius 1 is 1.21 bits per heavy atom. The molecule has 0 radical (unpaired) electrons. The first-order valence-corrected chi connectivity index (χ1v) is 5.16. The van der Waals surface area contributed by atoms with Gasteiger partial charge in [0.2, 0.25) is 0 Å². The van der Waals surface area contributed by atoms with Crippen LogP contribution in [0, 0.1) is 0 Å². The molecule has 14 heavy (non-hydrogen) atoms. The van der Waals surface area contributed by atoms with Gasteiger partial charge in [-0.2, -0.15) is 0 Å². The van der Waals surface area contributed by atoms with Crippen molar-refractivity contribution in [2.24, 2.45) is 0 Å². The van der Waals surface area contributed by atoms with Crippen molar-refractivity contribution in [2.45, 2.75) is 0 Å². The maximum absolute atomic E-state index is 5.70. The molecule has 72 valence electrons. The third kappa shape index (κ3) is 1.92. The van der Waals surface area contributed by atoms with Gasteiger partial charge in [0.25, 0.3) is 0 Å². The molecule has 0 amide bonds. The molecule has 0 fully saturated rings. The molecule has 0 spiro atoms. The second-order valence-corrected chi connectivity index (χ2v) is 4.06. The smallest absolute Gasteiger partial charge is 0.194 e. The predicted molar refractivity (Wildman–Crippen MR) is 57.5 cm³/mol. The van der Waals surface area contributed by atoms with Crippen LogP contribution in [0.3, 0.4) is 0 Å². The number of nitrogens with zero attached hydrogens (tertiary/aromatic N) is 2. The maximum Gasteiger partial charge on any atom is 0.194 e. The van der Waals surface area contributed by atoms with Crippen molar-refractivity contribution in [1.29, 1.82) is 0 Å². The van der Waals surface area contributed by atoms with Crippen LogP contribution in [0.25, 0.3) is 11.5 Å². The molecule has 0 atom stereocenters. The SMILES string of the molecule is Clc1ccc(-c2cc(Br)c(Cl)nn2)o1. The number of rotatable bonds is 1. The summed E-state index contributed by atoms with van der Waals surface area (Å²) in [5, 5.41) is 8.21. The van der Waals surface area contributed by atoms with Gasteiger partial charge in [0.15, 0.2) is 16.1 Å². The Morgan fingerprint density at radius 3 is 2.57 bits per heavy atom. The minimum absolute atomic E-state index is 0.311. The Bertz CT molecular complexity index is 472. The standard InChI is InChI=1S/C8H3BrCl2N2O/c9-4-3-5(12-13-8(4)11)6-1-2-7(10)14-6/h1-3H. The molecule has 0 aliphatic carbocycles. The van der Waals surface area contributed by atoms with Crippen molar-refractivity contribution in [1.82, 2.24) is 10.2 Å². The van der Waals surface area contributed by atoms with Gasteiger partial charge in [-0.15, -0.1) is 10.2 Å². The lowest BCUT2D eigenvalue weighted by Crippen LogP contribution is -1.87. The topological polar surface area (TPSA) is 38.9 Å². The molecule has 0 aliphatic rings. The van der Waals surface area contributed by atoms with E-state index in [4.69, 9.17) is 27.6 Å². The average Bonchev–Trinajstić information content (AvgIpc) is 2.57. The molecule has 2 rings (SSSR count).